The van der Waals surface area contributed by atoms with E-state index in [1.165, 1.54) is 0 Å². The zero-order valence-electron chi connectivity index (χ0n) is 17.6. The number of hydrogen-bond acceptors (Lipinski definition) is 5. The third-order valence-corrected chi connectivity index (χ3v) is 5.14. The number of ether oxygens (including phenoxy) is 1. The number of amides is 1. The zero-order chi connectivity index (χ0) is 21.0. The van der Waals surface area contributed by atoms with Gasteiger partial charge in [-0.2, -0.15) is 0 Å². The van der Waals surface area contributed by atoms with Crippen LogP contribution in [-0.2, 0) is 4.74 Å². The highest BCUT2D eigenvalue weighted by atomic mass is 16.5. The normalized spacial score (nSPS) is 15.4. The van der Waals surface area contributed by atoms with E-state index in [9.17, 15) is 9.59 Å². The van der Waals surface area contributed by atoms with Crippen molar-refractivity contribution in [2.45, 2.75) is 19.9 Å². The second-order valence-electron chi connectivity index (χ2n) is 7.80. The number of carbonyl (C=O) groups is 1. The van der Waals surface area contributed by atoms with Gasteiger partial charge in [0.05, 0.1) is 13.2 Å². The van der Waals surface area contributed by atoms with Crippen molar-refractivity contribution >= 4 is 17.3 Å². The van der Waals surface area contributed by atoms with Gasteiger partial charge in [-0.3, -0.25) is 9.59 Å². The van der Waals surface area contributed by atoms with E-state index in [-0.39, 0.29) is 23.1 Å². The van der Waals surface area contributed by atoms with Crippen LogP contribution in [0.2, 0.25) is 0 Å². The number of hydrogen-bond donors (Lipinski definition) is 1. The van der Waals surface area contributed by atoms with E-state index in [0.717, 1.165) is 18.8 Å². The lowest BCUT2D eigenvalue weighted by Gasteiger charge is -2.29. The Balaban J connectivity index is 1.83. The number of pyridine rings is 1. The molecule has 0 bridgehead atoms. The van der Waals surface area contributed by atoms with Crippen LogP contribution in [0.25, 0.3) is 0 Å². The second kappa shape index (κ2) is 9.24. The number of benzene rings is 1. The molecule has 1 amide bonds. The Labute approximate surface area is 171 Å². The summed E-state index contributed by atoms with van der Waals surface area (Å²) in [6.45, 7) is 7.53. The first-order valence-electron chi connectivity index (χ1n) is 9.97. The highest BCUT2D eigenvalue weighted by Gasteiger charge is 2.19. The smallest absolute Gasteiger partial charge is 0.263 e. The first-order chi connectivity index (χ1) is 13.9. The quantitative estimate of drug-likeness (QED) is 0.809. The number of nitrogens with zero attached hydrogens (tertiary/aromatic N) is 3. The number of aryl methyl sites for hydroxylation is 1. The van der Waals surface area contributed by atoms with E-state index in [2.05, 4.69) is 10.2 Å². The van der Waals surface area contributed by atoms with Crippen molar-refractivity contribution in [2.75, 3.05) is 57.2 Å². The number of likely N-dealkylation sites (N-methyl/N-ethyl adjacent to an activating group) is 1. The summed E-state index contributed by atoms with van der Waals surface area (Å²) in [6, 6.07) is 9.50. The van der Waals surface area contributed by atoms with E-state index >= 15 is 0 Å². The van der Waals surface area contributed by atoms with Gasteiger partial charge in [-0.05, 0) is 57.8 Å². The number of aromatic nitrogens is 1. The van der Waals surface area contributed by atoms with Gasteiger partial charge in [-0.1, -0.05) is 6.07 Å². The molecule has 0 radical (unpaired) electrons. The van der Waals surface area contributed by atoms with E-state index in [1.807, 2.05) is 56.3 Å². The first kappa shape index (κ1) is 21.1. The van der Waals surface area contributed by atoms with Gasteiger partial charge in [0, 0.05) is 43.2 Å². The molecule has 2 heterocycles. The first-order valence-corrected chi connectivity index (χ1v) is 9.97. The predicted molar refractivity (Wildman–Crippen MR) is 116 cm³/mol. The van der Waals surface area contributed by atoms with Gasteiger partial charge in [0.2, 0.25) is 0 Å². The summed E-state index contributed by atoms with van der Waals surface area (Å²) in [4.78, 5) is 30.2. The molecule has 3 rings (SSSR count). The van der Waals surface area contributed by atoms with Crippen LogP contribution in [0.1, 0.15) is 28.9 Å². The van der Waals surface area contributed by atoms with Crippen molar-refractivity contribution in [2.24, 2.45) is 0 Å². The van der Waals surface area contributed by atoms with Crippen molar-refractivity contribution < 1.29 is 9.53 Å². The molecular weight excluding hydrogens is 368 g/mol. The monoisotopic (exact) mass is 398 g/mol. The number of carbonyl (C=O) groups excluding carboxylic acids is 1. The Morgan fingerprint density at radius 3 is 2.66 bits per heavy atom. The fourth-order valence-electron chi connectivity index (χ4n) is 3.68. The molecule has 7 nitrogen and oxygen atoms in total. The molecule has 0 aliphatic carbocycles. The molecule has 2 aromatic rings. The SMILES string of the molecule is Cc1ccn(C(C)CN(C)C)c(=O)c1C(=O)Nc1cccc(N2CCOCC2)c1. The van der Waals surface area contributed by atoms with E-state index in [1.54, 1.807) is 17.7 Å². The summed E-state index contributed by atoms with van der Waals surface area (Å²) in [7, 11) is 3.93. The van der Waals surface area contributed by atoms with Crippen LogP contribution in [0.15, 0.2) is 41.3 Å². The Kier molecular flexibility index (Phi) is 6.71. The highest BCUT2D eigenvalue weighted by Crippen LogP contribution is 2.21. The molecule has 1 fully saturated rings. The average Bonchev–Trinajstić information content (AvgIpc) is 2.68. The largest absolute Gasteiger partial charge is 0.378 e. The van der Waals surface area contributed by atoms with Crippen LogP contribution in [-0.4, -0.2) is 62.3 Å². The van der Waals surface area contributed by atoms with Crippen molar-refractivity contribution in [3.63, 3.8) is 0 Å². The van der Waals surface area contributed by atoms with Crippen LogP contribution < -0.4 is 15.8 Å². The maximum atomic E-state index is 13.0. The molecule has 1 aliphatic rings. The van der Waals surface area contributed by atoms with Crippen molar-refractivity contribution in [1.29, 1.82) is 0 Å². The minimum atomic E-state index is -0.377. The van der Waals surface area contributed by atoms with E-state index in [4.69, 9.17) is 4.74 Å². The van der Waals surface area contributed by atoms with Crippen LogP contribution in [0.3, 0.4) is 0 Å². The molecule has 1 aromatic heterocycles. The molecule has 7 heteroatoms. The minimum absolute atomic E-state index is 0.0331. The Hall–Kier alpha value is -2.64. The van der Waals surface area contributed by atoms with Gasteiger partial charge in [0.15, 0.2) is 0 Å². The molecule has 0 saturated carbocycles. The summed E-state index contributed by atoms with van der Waals surface area (Å²) < 4.78 is 7.03. The maximum Gasteiger partial charge on any atom is 0.263 e. The van der Waals surface area contributed by atoms with Gasteiger partial charge in [-0.15, -0.1) is 0 Å². The number of nitrogens with one attached hydrogen (secondary N) is 1. The van der Waals surface area contributed by atoms with Gasteiger partial charge in [0.25, 0.3) is 11.5 Å². The van der Waals surface area contributed by atoms with Crippen LogP contribution in [0.4, 0.5) is 11.4 Å². The van der Waals surface area contributed by atoms with Crippen molar-refractivity contribution in [1.82, 2.24) is 9.47 Å². The van der Waals surface area contributed by atoms with Gasteiger partial charge in [0.1, 0.15) is 5.56 Å². The molecule has 29 heavy (non-hydrogen) atoms. The fourth-order valence-corrected chi connectivity index (χ4v) is 3.68. The lowest BCUT2D eigenvalue weighted by atomic mass is 10.1. The molecule has 1 atom stereocenters. The van der Waals surface area contributed by atoms with Gasteiger partial charge in [-0.25, -0.2) is 0 Å². The number of rotatable bonds is 6. The van der Waals surface area contributed by atoms with Crippen LogP contribution in [0.5, 0.6) is 0 Å². The maximum absolute atomic E-state index is 13.0. The summed E-state index contributed by atoms with van der Waals surface area (Å²) in [6.07, 6.45) is 1.77. The predicted octanol–water partition coefficient (Wildman–Crippen LogP) is 2.37. The Morgan fingerprint density at radius 2 is 1.97 bits per heavy atom. The molecule has 1 N–H and O–H groups in total. The third-order valence-electron chi connectivity index (χ3n) is 5.14. The summed E-state index contributed by atoms with van der Waals surface area (Å²) in [5, 5.41) is 2.91. The summed E-state index contributed by atoms with van der Waals surface area (Å²) >= 11 is 0. The highest BCUT2D eigenvalue weighted by molar-refractivity contribution is 6.05. The summed E-state index contributed by atoms with van der Waals surface area (Å²) in [5.74, 6) is -0.377. The molecule has 1 aliphatic heterocycles. The molecular formula is C22H30N4O3. The summed E-state index contributed by atoms with van der Waals surface area (Å²) in [5.41, 5.74) is 2.31. The number of morpholine rings is 1. The standard InChI is InChI=1S/C22H30N4O3/c1-16-8-9-26(17(2)15-24(3)4)22(28)20(16)21(27)23-18-6-5-7-19(14-18)25-10-12-29-13-11-25/h5-9,14,17H,10-13,15H2,1-4H3,(H,23,27). The van der Waals surface area contributed by atoms with Gasteiger partial charge >= 0.3 is 0 Å². The van der Waals surface area contributed by atoms with Crippen LogP contribution in [0, 0.1) is 6.92 Å². The zero-order valence-corrected chi connectivity index (χ0v) is 17.6. The Morgan fingerprint density at radius 1 is 1.24 bits per heavy atom. The lowest BCUT2D eigenvalue weighted by Crippen LogP contribution is -2.36. The van der Waals surface area contributed by atoms with Crippen molar-refractivity contribution in [3.05, 3.63) is 58.0 Å². The molecule has 1 aromatic carbocycles. The third kappa shape index (κ3) is 5.05. The van der Waals surface area contributed by atoms with Crippen LogP contribution >= 0.6 is 0 Å². The number of anilines is 2. The van der Waals surface area contributed by atoms with Crippen molar-refractivity contribution in [3.8, 4) is 0 Å². The minimum Gasteiger partial charge on any atom is -0.378 e. The topological polar surface area (TPSA) is 66.8 Å². The lowest BCUT2D eigenvalue weighted by molar-refractivity contribution is 0.102. The van der Waals surface area contributed by atoms with E-state index < -0.39 is 0 Å². The molecule has 156 valence electrons. The van der Waals surface area contributed by atoms with Gasteiger partial charge < -0.3 is 24.4 Å². The Bertz CT molecular complexity index is 917. The molecule has 0 spiro atoms. The fraction of sp³-hybridized carbons (Fsp3) is 0.455. The average molecular weight is 399 g/mol. The molecule has 1 saturated heterocycles. The second-order valence-corrected chi connectivity index (χ2v) is 7.80. The van der Waals surface area contributed by atoms with E-state index in [0.29, 0.717) is 31.0 Å². The molecule has 1 unspecified atom stereocenters.